The molecular weight excluding hydrogens is 1270 g/mol. The van der Waals surface area contributed by atoms with Gasteiger partial charge in [-0.05, 0) is 120 Å². The van der Waals surface area contributed by atoms with Crippen LogP contribution in [0.1, 0.15) is 92.3 Å². The van der Waals surface area contributed by atoms with E-state index in [1.165, 1.54) is 30.4 Å². The quantitative estimate of drug-likeness (QED) is 0.0858. The van der Waals surface area contributed by atoms with Crippen molar-refractivity contribution in [3.63, 3.8) is 0 Å². The summed E-state index contributed by atoms with van der Waals surface area (Å²) in [5.41, 5.74) is -0.0867. The number of fused-ring (bicyclic) bond motifs is 4. The molecule has 11 rings (SSSR count). The topological polar surface area (TPSA) is 218 Å². The number of amides is 2. The minimum Gasteiger partial charge on any atom is -0.408 e. The van der Waals surface area contributed by atoms with E-state index in [1.54, 1.807) is 58.0 Å². The minimum atomic E-state index is -4.32. The van der Waals surface area contributed by atoms with Crippen LogP contribution in [0.15, 0.2) is 104 Å². The lowest BCUT2D eigenvalue weighted by atomic mass is 10.1. The molecule has 7 aromatic rings. The molecule has 2 N–H and O–H groups in total. The highest BCUT2D eigenvalue weighted by Gasteiger charge is 2.57. The van der Waals surface area contributed by atoms with Gasteiger partial charge < -0.3 is 46.7 Å². The molecule has 86 heavy (non-hydrogen) atoms. The summed E-state index contributed by atoms with van der Waals surface area (Å²) in [4.78, 5) is 65.6. The molecule has 2 amide bonds. The molecule has 29 heteroatoms. The van der Waals surface area contributed by atoms with Crippen molar-refractivity contribution in [2.45, 2.75) is 145 Å². The van der Waals surface area contributed by atoms with Gasteiger partial charge in [-0.15, -0.1) is 0 Å². The number of rotatable bonds is 12. The van der Waals surface area contributed by atoms with Crippen LogP contribution in [0.25, 0.3) is 22.2 Å². The molecule has 0 spiro atoms. The predicted octanol–water partition coefficient (Wildman–Crippen LogP) is 13.2. The number of carbonyl (C=O) groups is 2. The molecule has 3 fully saturated rings. The van der Waals surface area contributed by atoms with E-state index >= 15 is 0 Å². The van der Waals surface area contributed by atoms with Crippen molar-refractivity contribution in [1.29, 1.82) is 0 Å². The molecule has 2 unspecified atom stereocenters. The summed E-state index contributed by atoms with van der Waals surface area (Å²) in [6.07, 6.45) is -0.718. The van der Waals surface area contributed by atoms with Crippen LogP contribution in [-0.2, 0) is 72.2 Å². The highest BCUT2D eigenvalue weighted by Crippen LogP contribution is 2.66. The number of hydrogen-bond acceptors (Lipinski definition) is 18. The van der Waals surface area contributed by atoms with Crippen molar-refractivity contribution < 1.29 is 50.9 Å². The molecule has 0 saturated carbocycles. The van der Waals surface area contributed by atoms with Crippen molar-refractivity contribution >= 4 is 133 Å². The molecule has 10 atom stereocenters. The number of halogens is 2. The standard InChI is InChI=1S/C57H69Cl2N9O11P2S3Si2/c1-56(2,3)85(7,8)78-45-41-28-72-80(71,82)76-44-40(74-55(47(44)79-86(9,10)57(4,5)6)67-27-36-22-17-25-66(49-42(36)50(67)62-32-61-49)53(70)35-20-15-12-16-21-35)29-73-81(83,84-30-37-23-24-38(58)26-39(37)59)77-46(45)54(75-41)68-33-64-43-48(60-31-63-51(43)68)65-52(69)34-18-13-11-14-19-34/h11-16,18-21,23-24,26-27,31-33,40-41,44-47,54-55H,17,22,25,28-30H2,1-10H3,(H,71,82)(H,60,63,65,69)/t40-,41-,44-,45-,46-,47-,54-,55-,80?,81?/m1/s1. The summed E-state index contributed by atoms with van der Waals surface area (Å²) >= 11 is 27.4. The lowest BCUT2D eigenvalue weighted by Gasteiger charge is -2.41. The summed E-state index contributed by atoms with van der Waals surface area (Å²) in [5.74, 6) is 0.289. The van der Waals surface area contributed by atoms with E-state index in [2.05, 4.69) is 83.0 Å². The van der Waals surface area contributed by atoms with Crippen molar-refractivity contribution in [2.75, 3.05) is 30.0 Å². The first kappa shape index (κ1) is 63.6. The van der Waals surface area contributed by atoms with Gasteiger partial charge in [0.05, 0.1) is 24.9 Å². The van der Waals surface area contributed by atoms with E-state index in [9.17, 15) is 14.5 Å². The third kappa shape index (κ3) is 13.0. The molecule has 8 heterocycles. The number of carbonyl (C=O) groups excluding carboxylic acids is 2. The number of ether oxygens (including phenoxy) is 2. The normalized spacial score (nSPS) is 26.8. The van der Waals surface area contributed by atoms with Crippen molar-refractivity contribution in [3.8, 4) is 0 Å². The van der Waals surface area contributed by atoms with Crippen LogP contribution in [0, 0.1) is 0 Å². The second-order valence-corrected chi connectivity index (χ2v) is 44.1. The molecule has 3 saturated heterocycles. The summed E-state index contributed by atoms with van der Waals surface area (Å²) in [7, 11) is -5.56. The highest BCUT2D eigenvalue weighted by molar-refractivity contribution is 8.67. The number of imidazole rings is 1. The van der Waals surface area contributed by atoms with Crippen LogP contribution >= 0.6 is 47.0 Å². The number of aryl methyl sites for hydroxylation is 1. The summed E-state index contributed by atoms with van der Waals surface area (Å²) < 4.78 is 60.8. The average Bonchev–Trinajstić information content (AvgIpc) is 1.61. The maximum atomic E-state index is 14.3. The van der Waals surface area contributed by atoms with Crippen molar-refractivity contribution in [3.05, 3.63) is 136 Å². The number of anilines is 2. The molecular formula is C57H69Cl2N9O11P2S3Si2. The molecule has 3 aromatic carbocycles. The van der Waals surface area contributed by atoms with Gasteiger partial charge in [0.25, 0.3) is 11.8 Å². The number of hydrogen-bond donors (Lipinski definition) is 2. The zero-order chi connectivity index (χ0) is 61.3. The van der Waals surface area contributed by atoms with Gasteiger partial charge in [0.2, 0.25) is 5.69 Å². The maximum absolute atomic E-state index is 14.3. The van der Waals surface area contributed by atoms with Gasteiger partial charge in [-0.2, -0.15) is 0 Å². The maximum Gasteiger partial charge on any atom is 0.325 e. The predicted molar refractivity (Wildman–Crippen MR) is 346 cm³/mol. The Balaban J connectivity index is 1.02. The average molecular weight is 1340 g/mol. The van der Waals surface area contributed by atoms with Gasteiger partial charge in [-0.3, -0.25) is 23.6 Å². The fourth-order valence-electron chi connectivity index (χ4n) is 10.3. The van der Waals surface area contributed by atoms with Crippen LogP contribution in [0.5, 0.6) is 0 Å². The summed E-state index contributed by atoms with van der Waals surface area (Å²) in [6.45, 7) is 16.8. The number of nitrogens with one attached hydrogen (secondary N) is 1. The van der Waals surface area contributed by atoms with Crippen LogP contribution in [0.4, 0.5) is 11.6 Å². The number of benzene rings is 3. The van der Waals surface area contributed by atoms with Crippen molar-refractivity contribution in [1.82, 2.24) is 34.1 Å². The molecule has 0 aliphatic carbocycles. The Hall–Kier alpha value is -3.93. The Morgan fingerprint density at radius 1 is 0.767 bits per heavy atom. The first-order valence-corrected chi connectivity index (χ1v) is 41.6. The van der Waals surface area contributed by atoms with E-state index in [4.69, 9.17) is 98.2 Å². The zero-order valence-corrected chi connectivity index (χ0v) is 56.9. The van der Waals surface area contributed by atoms with E-state index in [0.717, 1.165) is 11.1 Å². The molecule has 4 aliphatic rings. The van der Waals surface area contributed by atoms with E-state index in [0.29, 0.717) is 63.1 Å². The molecule has 2 bridgehead atoms. The van der Waals surface area contributed by atoms with E-state index < -0.39 is 84.0 Å². The molecule has 458 valence electrons. The third-order valence-corrected chi connectivity index (χ3v) is 33.2. The van der Waals surface area contributed by atoms with Crippen LogP contribution in [0.2, 0.25) is 46.3 Å². The fourth-order valence-corrected chi connectivity index (χ4v) is 19.3. The van der Waals surface area contributed by atoms with Crippen LogP contribution < -0.4 is 10.2 Å². The summed E-state index contributed by atoms with van der Waals surface area (Å²) in [5, 5.41) is 3.82. The Bertz CT molecular complexity index is 3790. The zero-order valence-electron chi connectivity index (χ0n) is 49.2. The molecule has 20 nitrogen and oxygen atoms in total. The van der Waals surface area contributed by atoms with E-state index in [1.807, 2.05) is 41.1 Å². The van der Waals surface area contributed by atoms with Gasteiger partial charge in [0.1, 0.15) is 60.7 Å². The molecule has 0 radical (unpaired) electrons. The van der Waals surface area contributed by atoms with Crippen LogP contribution in [0.3, 0.4) is 0 Å². The Labute approximate surface area is 526 Å². The first-order valence-electron chi connectivity index (χ1n) is 28.2. The lowest BCUT2D eigenvalue weighted by molar-refractivity contribution is -0.0564. The second kappa shape index (κ2) is 24.7. The van der Waals surface area contributed by atoms with Crippen LogP contribution in [-0.4, -0.2) is 124 Å². The largest absolute Gasteiger partial charge is 0.408 e. The number of nitrogens with zero attached hydrogens (tertiary/aromatic N) is 8. The number of aromatic nitrogens is 7. The van der Waals surface area contributed by atoms with Gasteiger partial charge in [0, 0.05) is 39.7 Å². The van der Waals surface area contributed by atoms with Crippen molar-refractivity contribution in [2.24, 2.45) is 0 Å². The Kier molecular flexibility index (Phi) is 18.3. The second-order valence-electron chi connectivity index (χ2n) is 24.7. The van der Waals surface area contributed by atoms with Gasteiger partial charge in [-0.25, -0.2) is 24.9 Å². The fraction of sp³-hybridized carbons (Fsp3) is 0.456. The van der Waals surface area contributed by atoms with Gasteiger partial charge in [-0.1, -0.05) is 119 Å². The molecule has 4 aliphatic heterocycles. The third-order valence-electron chi connectivity index (χ3n) is 16.9. The van der Waals surface area contributed by atoms with Gasteiger partial charge >= 0.3 is 6.72 Å². The molecule has 4 aromatic heterocycles. The van der Waals surface area contributed by atoms with Gasteiger partial charge in [0.15, 0.2) is 46.1 Å². The minimum absolute atomic E-state index is 0.164. The highest BCUT2D eigenvalue weighted by atomic mass is 35.5. The summed E-state index contributed by atoms with van der Waals surface area (Å²) in [6, 6.07) is 23.1. The Morgan fingerprint density at radius 3 is 2.09 bits per heavy atom. The SMILES string of the molecule is CC(C)(C)[Si](C)(C)O[C@@H]1[C@@H]2OP(O)(=S)OC[C@H]3O[C@@H](n4cnc5c(NC(=O)c6ccccc6)ncnc54)[C@H](OP(=S)(SCc4ccc(Cl)cc4Cl)OC[C@H]2O[C@H]1n1cc2c4c(ncnc41)N(C(=O)c1ccccc1)CCC2)[C@@H]3O[Si](C)(C)C(C)(C)C. The van der Waals surface area contributed by atoms with E-state index in [-0.39, 0.29) is 46.3 Å². The Morgan fingerprint density at radius 2 is 1.41 bits per heavy atom. The smallest absolute Gasteiger partial charge is 0.325 e. The lowest BCUT2D eigenvalue weighted by Crippen LogP contribution is -2.50. The monoisotopic (exact) mass is 1340 g/mol. The first-order chi connectivity index (χ1) is 40.6.